The van der Waals surface area contributed by atoms with E-state index in [2.05, 4.69) is 5.32 Å². The number of hydrogen-bond acceptors (Lipinski definition) is 3. The Morgan fingerprint density at radius 2 is 1.68 bits per heavy atom. The average Bonchev–Trinajstić information content (AvgIpc) is 2.63. The summed E-state index contributed by atoms with van der Waals surface area (Å²) < 4.78 is 11.1. The van der Waals surface area contributed by atoms with Gasteiger partial charge in [0.25, 0.3) is 5.91 Å². The Morgan fingerprint density at radius 1 is 0.880 bits per heavy atom. The summed E-state index contributed by atoms with van der Waals surface area (Å²) in [5, 5.41) is 5.02. The first kappa shape index (κ1) is 16.8. The molecule has 4 heteroatoms. The lowest BCUT2D eigenvalue weighted by molar-refractivity contribution is -0.123. The van der Waals surface area contributed by atoms with Gasteiger partial charge in [-0.2, -0.15) is 0 Å². The molecular weight excluding hydrogens is 314 g/mol. The number of benzene rings is 3. The molecule has 3 rings (SSSR count). The van der Waals surface area contributed by atoms with Gasteiger partial charge in [0.1, 0.15) is 18.1 Å². The van der Waals surface area contributed by atoms with Gasteiger partial charge in [-0.25, -0.2) is 0 Å². The summed E-state index contributed by atoms with van der Waals surface area (Å²) >= 11 is 0. The third-order valence-electron chi connectivity index (χ3n) is 3.77. The fourth-order valence-electron chi connectivity index (χ4n) is 2.52. The van der Waals surface area contributed by atoms with Crippen molar-refractivity contribution >= 4 is 16.7 Å². The summed E-state index contributed by atoms with van der Waals surface area (Å²) in [7, 11) is 0. The molecule has 0 saturated carbocycles. The summed E-state index contributed by atoms with van der Waals surface area (Å²) in [5.74, 6) is 1.33. The van der Waals surface area contributed by atoms with Crippen LogP contribution in [0.2, 0.25) is 0 Å². The quantitative estimate of drug-likeness (QED) is 0.669. The number of ether oxygens (including phenoxy) is 2. The van der Waals surface area contributed by atoms with Gasteiger partial charge in [-0.15, -0.1) is 0 Å². The molecule has 4 nitrogen and oxygen atoms in total. The zero-order valence-corrected chi connectivity index (χ0v) is 14.2. The maximum Gasteiger partial charge on any atom is 0.258 e. The normalized spacial score (nSPS) is 10.4. The zero-order valence-electron chi connectivity index (χ0n) is 14.2. The van der Waals surface area contributed by atoms with Gasteiger partial charge in [-0.1, -0.05) is 42.5 Å². The van der Waals surface area contributed by atoms with E-state index in [0.29, 0.717) is 18.9 Å². The first-order chi connectivity index (χ1) is 12.2. The molecule has 0 aliphatic carbocycles. The first-order valence-electron chi connectivity index (χ1n) is 8.28. The number of amides is 1. The molecule has 0 heterocycles. The van der Waals surface area contributed by atoms with Crippen LogP contribution in [0.3, 0.4) is 0 Å². The maximum absolute atomic E-state index is 11.9. The number of aryl methyl sites for hydroxylation is 1. The van der Waals surface area contributed by atoms with Crippen LogP contribution in [0.5, 0.6) is 11.5 Å². The Balaban J connectivity index is 1.40. The molecular formula is C21H21NO3. The summed E-state index contributed by atoms with van der Waals surface area (Å²) in [6, 6.07) is 21.6. The third kappa shape index (κ3) is 4.98. The highest BCUT2D eigenvalue weighted by molar-refractivity contribution is 5.84. The van der Waals surface area contributed by atoms with Crippen molar-refractivity contribution in [1.29, 1.82) is 0 Å². The molecule has 0 unspecified atom stereocenters. The van der Waals surface area contributed by atoms with Crippen LogP contribution in [0.4, 0.5) is 0 Å². The molecule has 1 amide bonds. The SMILES string of the molecule is Cc1cccc(OCCNC(=O)COc2ccc3ccccc3c2)c1. The second-order valence-corrected chi connectivity index (χ2v) is 5.81. The summed E-state index contributed by atoms with van der Waals surface area (Å²) in [4.78, 5) is 11.9. The molecule has 3 aromatic carbocycles. The lowest BCUT2D eigenvalue weighted by atomic mass is 10.1. The minimum absolute atomic E-state index is 0.0111. The van der Waals surface area contributed by atoms with Crippen LogP contribution >= 0.6 is 0 Å². The highest BCUT2D eigenvalue weighted by atomic mass is 16.5. The van der Waals surface area contributed by atoms with E-state index in [9.17, 15) is 4.79 Å². The van der Waals surface area contributed by atoms with Gasteiger partial charge in [0.2, 0.25) is 0 Å². The van der Waals surface area contributed by atoms with E-state index in [0.717, 1.165) is 22.1 Å². The van der Waals surface area contributed by atoms with E-state index in [4.69, 9.17) is 9.47 Å². The smallest absolute Gasteiger partial charge is 0.258 e. The van der Waals surface area contributed by atoms with Crippen molar-refractivity contribution in [3.63, 3.8) is 0 Å². The van der Waals surface area contributed by atoms with Gasteiger partial charge in [0, 0.05) is 0 Å². The molecule has 0 aliphatic heterocycles. The zero-order chi connectivity index (χ0) is 17.5. The van der Waals surface area contributed by atoms with Crippen molar-refractivity contribution in [1.82, 2.24) is 5.32 Å². The van der Waals surface area contributed by atoms with Crippen LogP contribution in [0.25, 0.3) is 10.8 Å². The molecule has 0 atom stereocenters. The van der Waals surface area contributed by atoms with E-state index in [-0.39, 0.29) is 12.5 Å². The van der Waals surface area contributed by atoms with E-state index in [1.807, 2.05) is 73.7 Å². The molecule has 0 spiro atoms. The van der Waals surface area contributed by atoms with E-state index >= 15 is 0 Å². The van der Waals surface area contributed by atoms with Crippen LogP contribution in [0.15, 0.2) is 66.7 Å². The number of carbonyl (C=O) groups is 1. The van der Waals surface area contributed by atoms with Crippen LogP contribution in [-0.4, -0.2) is 25.7 Å². The molecule has 0 saturated heterocycles. The minimum atomic E-state index is -0.166. The third-order valence-corrected chi connectivity index (χ3v) is 3.77. The fourth-order valence-corrected chi connectivity index (χ4v) is 2.52. The second-order valence-electron chi connectivity index (χ2n) is 5.81. The number of fused-ring (bicyclic) bond motifs is 1. The highest BCUT2D eigenvalue weighted by Crippen LogP contribution is 2.20. The average molecular weight is 335 g/mol. The molecule has 0 aromatic heterocycles. The largest absolute Gasteiger partial charge is 0.492 e. The van der Waals surface area contributed by atoms with Crippen molar-refractivity contribution in [3.05, 3.63) is 72.3 Å². The van der Waals surface area contributed by atoms with Crippen LogP contribution in [0.1, 0.15) is 5.56 Å². The second kappa shape index (κ2) is 8.20. The van der Waals surface area contributed by atoms with Gasteiger partial charge >= 0.3 is 0 Å². The number of carbonyl (C=O) groups excluding carboxylic acids is 1. The first-order valence-corrected chi connectivity index (χ1v) is 8.28. The topological polar surface area (TPSA) is 47.6 Å². The van der Waals surface area contributed by atoms with E-state index < -0.39 is 0 Å². The van der Waals surface area contributed by atoms with Gasteiger partial charge in [-0.3, -0.25) is 4.79 Å². The Kier molecular flexibility index (Phi) is 5.52. The Bertz CT molecular complexity index is 860. The van der Waals surface area contributed by atoms with Crippen LogP contribution in [0, 0.1) is 6.92 Å². The molecule has 0 bridgehead atoms. The van der Waals surface area contributed by atoms with Crippen molar-refractivity contribution in [2.75, 3.05) is 19.8 Å². The lowest BCUT2D eigenvalue weighted by Gasteiger charge is -2.09. The van der Waals surface area contributed by atoms with Crippen LogP contribution in [-0.2, 0) is 4.79 Å². The molecule has 0 aliphatic rings. The van der Waals surface area contributed by atoms with Crippen molar-refractivity contribution in [3.8, 4) is 11.5 Å². The predicted molar refractivity (Wildman–Crippen MR) is 99.1 cm³/mol. The van der Waals surface area contributed by atoms with Crippen molar-refractivity contribution < 1.29 is 14.3 Å². The highest BCUT2D eigenvalue weighted by Gasteiger charge is 2.03. The van der Waals surface area contributed by atoms with Crippen LogP contribution < -0.4 is 14.8 Å². The molecule has 25 heavy (non-hydrogen) atoms. The predicted octanol–water partition coefficient (Wildman–Crippen LogP) is 3.72. The van der Waals surface area contributed by atoms with Gasteiger partial charge in [0.05, 0.1) is 6.54 Å². The minimum Gasteiger partial charge on any atom is -0.492 e. The number of nitrogens with one attached hydrogen (secondary N) is 1. The monoisotopic (exact) mass is 335 g/mol. The summed E-state index contributed by atoms with van der Waals surface area (Å²) in [6.07, 6.45) is 0. The number of rotatable bonds is 7. The summed E-state index contributed by atoms with van der Waals surface area (Å²) in [6.45, 7) is 2.86. The van der Waals surface area contributed by atoms with Gasteiger partial charge < -0.3 is 14.8 Å². The molecule has 1 N–H and O–H groups in total. The van der Waals surface area contributed by atoms with Crippen molar-refractivity contribution in [2.45, 2.75) is 6.92 Å². The van der Waals surface area contributed by atoms with Gasteiger partial charge in [0.15, 0.2) is 6.61 Å². The van der Waals surface area contributed by atoms with Gasteiger partial charge in [-0.05, 0) is 47.5 Å². The van der Waals surface area contributed by atoms with Crippen molar-refractivity contribution in [2.24, 2.45) is 0 Å². The fraction of sp³-hybridized carbons (Fsp3) is 0.190. The molecule has 0 fully saturated rings. The summed E-state index contributed by atoms with van der Waals surface area (Å²) in [5.41, 5.74) is 1.14. The standard InChI is InChI=1S/C21H21NO3/c1-16-5-4-8-19(13-16)24-12-11-22-21(23)15-25-20-10-9-17-6-2-3-7-18(17)14-20/h2-10,13-14H,11-12,15H2,1H3,(H,22,23). The molecule has 0 radical (unpaired) electrons. The molecule has 128 valence electrons. The Labute approximate surface area is 147 Å². The number of hydrogen-bond donors (Lipinski definition) is 1. The maximum atomic E-state index is 11.9. The Morgan fingerprint density at radius 3 is 2.52 bits per heavy atom. The Hall–Kier alpha value is -3.01. The molecule has 3 aromatic rings. The lowest BCUT2D eigenvalue weighted by Crippen LogP contribution is -2.32. The van der Waals surface area contributed by atoms with E-state index in [1.54, 1.807) is 0 Å². The van der Waals surface area contributed by atoms with E-state index in [1.165, 1.54) is 0 Å².